The lowest BCUT2D eigenvalue weighted by atomic mass is 9.98. The number of rotatable bonds is 3. The Balaban J connectivity index is 2.10. The first-order chi connectivity index (χ1) is 7.66. The fourth-order valence-corrected chi connectivity index (χ4v) is 2.16. The maximum absolute atomic E-state index is 12.1. The first-order valence-corrected chi connectivity index (χ1v) is 5.89. The smallest absolute Gasteiger partial charge is 0.165 e. The molecule has 0 aliphatic carbocycles. The van der Waals surface area contributed by atoms with Crippen molar-refractivity contribution in [2.75, 3.05) is 6.61 Å². The van der Waals surface area contributed by atoms with Crippen molar-refractivity contribution < 1.29 is 9.53 Å². The number of carbonyl (C=O) groups excluding carboxylic acids is 1. The average molecular weight is 218 g/mol. The minimum absolute atomic E-state index is 0.146. The first kappa shape index (κ1) is 11.3. The minimum atomic E-state index is 0.146. The lowest BCUT2D eigenvalue weighted by Crippen LogP contribution is -2.13. The predicted molar refractivity (Wildman–Crippen MR) is 63.8 cm³/mol. The molecule has 1 heterocycles. The summed E-state index contributed by atoms with van der Waals surface area (Å²) in [6.07, 6.45) is 2.79. The van der Waals surface area contributed by atoms with Gasteiger partial charge in [0.25, 0.3) is 0 Å². The van der Waals surface area contributed by atoms with Crippen molar-refractivity contribution in [2.24, 2.45) is 0 Å². The Morgan fingerprint density at radius 3 is 2.94 bits per heavy atom. The quantitative estimate of drug-likeness (QED) is 0.729. The van der Waals surface area contributed by atoms with E-state index in [2.05, 4.69) is 0 Å². The first-order valence-electron chi connectivity index (χ1n) is 5.89. The molecule has 0 spiro atoms. The third-order valence-corrected chi connectivity index (χ3v) is 3.13. The second-order valence-electron chi connectivity index (χ2n) is 4.58. The highest BCUT2D eigenvalue weighted by Gasteiger charge is 2.20. The molecule has 1 aliphatic heterocycles. The Bertz CT molecular complexity index is 390. The van der Waals surface area contributed by atoms with E-state index < -0.39 is 0 Å². The second-order valence-corrected chi connectivity index (χ2v) is 4.58. The number of benzene rings is 1. The van der Waals surface area contributed by atoms with Crippen LogP contribution in [0.25, 0.3) is 0 Å². The van der Waals surface area contributed by atoms with Crippen molar-refractivity contribution in [2.45, 2.75) is 39.2 Å². The lowest BCUT2D eigenvalue weighted by Gasteiger charge is -2.10. The minimum Gasteiger partial charge on any atom is -0.378 e. The molecule has 2 nitrogen and oxygen atoms in total. The van der Waals surface area contributed by atoms with Gasteiger partial charge in [-0.1, -0.05) is 17.7 Å². The van der Waals surface area contributed by atoms with Gasteiger partial charge in [-0.15, -0.1) is 0 Å². The highest BCUT2D eigenvalue weighted by molar-refractivity contribution is 5.97. The fourth-order valence-electron chi connectivity index (χ4n) is 2.16. The molecule has 1 atom stereocenters. The van der Waals surface area contributed by atoms with E-state index in [0.29, 0.717) is 6.42 Å². The summed E-state index contributed by atoms with van der Waals surface area (Å²) in [5.74, 6) is 0.216. The van der Waals surface area contributed by atoms with E-state index in [0.717, 1.165) is 36.1 Å². The van der Waals surface area contributed by atoms with Crippen molar-refractivity contribution >= 4 is 5.78 Å². The van der Waals surface area contributed by atoms with Crippen LogP contribution in [0.4, 0.5) is 0 Å². The molecule has 1 unspecified atom stereocenters. The van der Waals surface area contributed by atoms with Crippen molar-refractivity contribution in [1.82, 2.24) is 0 Å². The van der Waals surface area contributed by atoms with Crippen molar-refractivity contribution in [3.05, 3.63) is 34.9 Å². The summed E-state index contributed by atoms with van der Waals surface area (Å²) in [7, 11) is 0. The zero-order valence-corrected chi connectivity index (χ0v) is 9.95. The SMILES string of the molecule is Cc1ccc(C)c(C(=O)CC2CCCO2)c1. The molecule has 0 radical (unpaired) electrons. The molecule has 0 aromatic heterocycles. The van der Waals surface area contributed by atoms with E-state index in [4.69, 9.17) is 4.74 Å². The zero-order valence-electron chi connectivity index (χ0n) is 9.95. The van der Waals surface area contributed by atoms with Gasteiger partial charge in [-0.05, 0) is 38.3 Å². The Kier molecular flexibility index (Phi) is 3.39. The average Bonchev–Trinajstić information content (AvgIpc) is 2.74. The second kappa shape index (κ2) is 4.79. The van der Waals surface area contributed by atoms with Crippen LogP contribution in [-0.2, 0) is 4.74 Å². The molecule has 2 heteroatoms. The van der Waals surface area contributed by atoms with Crippen molar-refractivity contribution in [3.63, 3.8) is 0 Å². The Morgan fingerprint density at radius 1 is 1.44 bits per heavy atom. The standard InChI is InChI=1S/C14H18O2/c1-10-5-6-11(2)13(8-10)14(15)9-12-4-3-7-16-12/h5-6,8,12H,3-4,7,9H2,1-2H3. The molecule has 1 aromatic carbocycles. The number of aryl methyl sites for hydroxylation is 2. The number of Topliss-reactive ketones (excluding diaryl/α,β-unsaturated/α-hetero) is 1. The van der Waals surface area contributed by atoms with Gasteiger partial charge in [-0.3, -0.25) is 4.79 Å². The summed E-state index contributed by atoms with van der Waals surface area (Å²) in [6, 6.07) is 6.03. The van der Waals surface area contributed by atoms with E-state index in [1.54, 1.807) is 0 Å². The summed E-state index contributed by atoms with van der Waals surface area (Å²) >= 11 is 0. The summed E-state index contributed by atoms with van der Waals surface area (Å²) in [4.78, 5) is 12.1. The van der Waals surface area contributed by atoms with Gasteiger partial charge in [0.05, 0.1) is 6.10 Å². The molecule has 1 aromatic rings. The van der Waals surface area contributed by atoms with Crippen LogP contribution in [0, 0.1) is 13.8 Å². The van der Waals surface area contributed by atoms with Crippen LogP contribution < -0.4 is 0 Å². The molecule has 0 saturated carbocycles. The Hall–Kier alpha value is -1.15. The van der Waals surface area contributed by atoms with E-state index in [1.807, 2.05) is 32.0 Å². The van der Waals surface area contributed by atoms with Crippen LogP contribution in [0.1, 0.15) is 40.7 Å². The van der Waals surface area contributed by atoms with Gasteiger partial charge >= 0.3 is 0 Å². The van der Waals surface area contributed by atoms with Gasteiger partial charge < -0.3 is 4.74 Å². The number of hydrogen-bond donors (Lipinski definition) is 0. The lowest BCUT2D eigenvalue weighted by molar-refractivity contribution is 0.0775. The van der Waals surface area contributed by atoms with Crippen molar-refractivity contribution in [3.8, 4) is 0 Å². The van der Waals surface area contributed by atoms with Crippen LogP contribution in [0.2, 0.25) is 0 Å². The molecule has 0 bridgehead atoms. The molecule has 1 saturated heterocycles. The van der Waals surface area contributed by atoms with Crippen LogP contribution >= 0.6 is 0 Å². The van der Waals surface area contributed by atoms with Crippen molar-refractivity contribution in [1.29, 1.82) is 0 Å². The molecule has 86 valence electrons. The summed E-state index contributed by atoms with van der Waals surface area (Å²) in [5.41, 5.74) is 3.06. The topological polar surface area (TPSA) is 26.3 Å². The predicted octanol–water partition coefficient (Wildman–Crippen LogP) is 3.06. The highest BCUT2D eigenvalue weighted by Crippen LogP contribution is 2.20. The van der Waals surface area contributed by atoms with Crippen LogP contribution in [0.5, 0.6) is 0 Å². The third kappa shape index (κ3) is 2.50. The van der Waals surface area contributed by atoms with Crippen LogP contribution in [-0.4, -0.2) is 18.5 Å². The fraction of sp³-hybridized carbons (Fsp3) is 0.500. The maximum Gasteiger partial charge on any atom is 0.165 e. The Labute approximate surface area is 96.6 Å². The van der Waals surface area contributed by atoms with Gasteiger partial charge in [0.1, 0.15) is 0 Å². The van der Waals surface area contributed by atoms with Crippen LogP contribution in [0.15, 0.2) is 18.2 Å². The highest BCUT2D eigenvalue weighted by atomic mass is 16.5. The molecule has 1 fully saturated rings. The molecular formula is C14H18O2. The van der Waals surface area contributed by atoms with Gasteiger partial charge in [0.2, 0.25) is 0 Å². The molecule has 0 N–H and O–H groups in total. The van der Waals surface area contributed by atoms with E-state index in [1.165, 1.54) is 0 Å². The van der Waals surface area contributed by atoms with E-state index in [9.17, 15) is 4.79 Å². The van der Waals surface area contributed by atoms with Gasteiger partial charge in [0.15, 0.2) is 5.78 Å². The normalized spacial score (nSPS) is 20.0. The number of hydrogen-bond acceptors (Lipinski definition) is 2. The van der Waals surface area contributed by atoms with E-state index >= 15 is 0 Å². The maximum atomic E-state index is 12.1. The van der Waals surface area contributed by atoms with Gasteiger partial charge in [-0.25, -0.2) is 0 Å². The molecule has 16 heavy (non-hydrogen) atoms. The zero-order chi connectivity index (χ0) is 11.5. The van der Waals surface area contributed by atoms with E-state index in [-0.39, 0.29) is 11.9 Å². The largest absolute Gasteiger partial charge is 0.378 e. The van der Waals surface area contributed by atoms with Gasteiger partial charge in [0, 0.05) is 18.6 Å². The van der Waals surface area contributed by atoms with Gasteiger partial charge in [-0.2, -0.15) is 0 Å². The number of carbonyl (C=O) groups is 1. The molecule has 2 rings (SSSR count). The van der Waals surface area contributed by atoms with Crippen LogP contribution in [0.3, 0.4) is 0 Å². The Morgan fingerprint density at radius 2 is 2.25 bits per heavy atom. The summed E-state index contributed by atoms with van der Waals surface area (Å²) in [6.45, 7) is 4.81. The molecule has 0 amide bonds. The monoisotopic (exact) mass is 218 g/mol. The number of ether oxygens (including phenoxy) is 1. The summed E-state index contributed by atoms with van der Waals surface area (Å²) < 4.78 is 5.49. The molecule has 1 aliphatic rings. The third-order valence-electron chi connectivity index (χ3n) is 3.13. The summed E-state index contributed by atoms with van der Waals surface area (Å²) in [5, 5.41) is 0. The molecular weight excluding hydrogens is 200 g/mol. The number of ketones is 1.